The molecule has 6 nitrogen and oxygen atoms in total. The number of methoxy groups -OCH3 is 1. The maximum atomic E-state index is 11.8. The third-order valence-electron chi connectivity index (χ3n) is 2.67. The number of ether oxygens (including phenoxy) is 1. The summed E-state index contributed by atoms with van der Waals surface area (Å²) in [6, 6.07) is 3.85. The second-order valence-electron chi connectivity index (χ2n) is 4.13. The summed E-state index contributed by atoms with van der Waals surface area (Å²) in [7, 11) is 1.54. The molecular weight excluding hydrogens is 284 g/mol. The van der Waals surface area contributed by atoms with Crippen LogP contribution in [0.2, 0.25) is 5.02 Å². The number of amides is 2. The average molecular weight is 301 g/mol. The number of rotatable bonds is 6. The molecule has 1 rings (SSSR count). The Bertz CT molecular complexity index is 493. The molecule has 0 bridgehead atoms. The van der Waals surface area contributed by atoms with Crippen molar-refractivity contribution < 1.29 is 19.4 Å². The molecule has 7 heteroatoms. The van der Waals surface area contributed by atoms with Crippen LogP contribution in [0.15, 0.2) is 18.2 Å². The van der Waals surface area contributed by atoms with Gasteiger partial charge in [0.2, 0.25) is 0 Å². The molecule has 1 aromatic rings. The molecule has 20 heavy (non-hydrogen) atoms. The van der Waals surface area contributed by atoms with Crippen molar-refractivity contribution >= 4 is 29.3 Å². The van der Waals surface area contributed by atoms with Gasteiger partial charge in [0.15, 0.2) is 0 Å². The fourth-order valence-electron chi connectivity index (χ4n) is 1.65. The summed E-state index contributed by atoms with van der Waals surface area (Å²) in [5.41, 5.74) is 0.0128. The number of urea groups is 1. The van der Waals surface area contributed by atoms with Gasteiger partial charge >= 0.3 is 12.0 Å². The van der Waals surface area contributed by atoms with E-state index in [9.17, 15) is 9.59 Å². The van der Waals surface area contributed by atoms with Crippen LogP contribution in [0.4, 0.5) is 10.5 Å². The SMILES string of the molecule is CCC(COC)NC(=O)Nc1cccc(Cl)c1C(=O)O. The average Bonchev–Trinajstić information content (AvgIpc) is 2.37. The number of hydrogen-bond acceptors (Lipinski definition) is 3. The third kappa shape index (κ3) is 4.40. The summed E-state index contributed by atoms with van der Waals surface area (Å²) in [5, 5.41) is 14.3. The van der Waals surface area contributed by atoms with Crippen molar-refractivity contribution in [2.75, 3.05) is 19.0 Å². The van der Waals surface area contributed by atoms with Crippen LogP contribution in [0.25, 0.3) is 0 Å². The smallest absolute Gasteiger partial charge is 0.339 e. The van der Waals surface area contributed by atoms with Gasteiger partial charge in [-0.3, -0.25) is 0 Å². The second-order valence-corrected chi connectivity index (χ2v) is 4.53. The van der Waals surface area contributed by atoms with E-state index in [0.717, 1.165) is 0 Å². The zero-order valence-electron chi connectivity index (χ0n) is 11.3. The standard InChI is InChI=1S/C13H17ClN2O4/c1-3-8(7-20-2)15-13(19)16-10-6-4-5-9(14)11(10)12(17)18/h4-6,8H,3,7H2,1-2H3,(H,17,18)(H2,15,16,19). The zero-order chi connectivity index (χ0) is 15.1. The van der Waals surface area contributed by atoms with E-state index in [0.29, 0.717) is 13.0 Å². The molecular formula is C13H17ClN2O4. The number of halogens is 1. The van der Waals surface area contributed by atoms with Gasteiger partial charge in [-0.15, -0.1) is 0 Å². The Labute approximate surface area is 122 Å². The molecule has 0 fully saturated rings. The number of benzene rings is 1. The number of carboxylic acids is 1. The van der Waals surface area contributed by atoms with Crippen LogP contribution < -0.4 is 10.6 Å². The Kier molecular flexibility index (Phi) is 6.27. The summed E-state index contributed by atoms with van der Waals surface area (Å²) < 4.78 is 4.97. The van der Waals surface area contributed by atoms with Crippen LogP contribution in [0.3, 0.4) is 0 Å². The van der Waals surface area contributed by atoms with Crippen LogP contribution in [-0.4, -0.2) is 36.9 Å². The summed E-state index contributed by atoms with van der Waals surface area (Å²) in [6.45, 7) is 2.29. The van der Waals surface area contributed by atoms with E-state index >= 15 is 0 Å². The Morgan fingerprint density at radius 3 is 2.70 bits per heavy atom. The van der Waals surface area contributed by atoms with E-state index in [1.54, 1.807) is 13.2 Å². The molecule has 3 N–H and O–H groups in total. The Hall–Kier alpha value is -1.79. The fourth-order valence-corrected chi connectivity index (χ4v) is 1.91. The first-order chi connectivity index (χ1) is 9.49. The molecule has 0 radical (unpaired) electrons. The van der Waals surface area contributed by atoms with Crippen LogP contribution in [0.5, 0.6) is 0 Å². The molecule has 0 aliphatic rings. The predicted molar refractivity (Wildman–Crippen MR) is 76.5 cm³/mol. The molecule has 0 spiro atoms. The largest absolute Gasteiger partial charge is 0.478 e. The molecule has 0 aliphatic heterocycles. The first-order valence-corrected chi connectivity index (χ1v) is 6.45. The number of nitrogens with one attached hydrogen (secondary N) is 2. The lowest BCUT2D eigenvalue weighted by Crippen LogP contribution is -2.40. The molecule has 0 saturated carbocycles. The van der Waals surface area contributed by atoms with Crippen LogP contribution in [0, 0.1) is 0 Å². The van der Waals surface area contributed by atoms with Crippen molar-refractivity contribution in [3.8, 4) is 0 Å². The lowest BCUT2D eigenvalue weighted by Gasteiger charge is -2.17. The number of hydrogen-bond donors (Lipinski definition) is 3. The molecule has 0 heterocycles. The molecule has 1 atom stereocenters. The van der Waals surface area contributed by atoms with Gasteiger partial charge in [-0.2, -0.15) is 0 Å². The van der Waals surface area contributed by atoms with Crippen molar-refractivity contribution in [1.82, 2.24) is 5.32 Å². The van der Waals surface area contributed by atoms with E-state index in [1.165, 1.54) is 12.1 Å². The number of carboxylic acid groups (broad SMARTS) is 1. The van der Waals surface area contributed by atoms with Gasteiger partial charge in [0.25, 0.3) is 0 Å². The van der Waals surface area contributed by atoms with Gasteiger partial charge in [0.05, 0.1) is 23.4 Å². The number of carbonyl (C=O) groups is 2. The minimum atomic E-state index is -1.20. The lowest BCUT2D eigenvalue weighted by atomic mass is 10.2. The molecule has 2 amide bonds. The molecule has 0 saturated heterocycles. The maximum absolute atomic E-state index is 11.8. The van der Waals surface area contributed by atoms with Gasteiger partial charge in [-0.1, -0.05) is 24.6 Å². The van der Waals surface area contributed by atoms with Crippen molar-refractivity contribution in [3.05, 3.63) is 28.8 Å². The molecule has 0 aliphatic carbocycles. The quantitative estimate of drug-likeness (QED) is 0.753. The van der Waals surface area contributed by atoms with Crippen LogP contribution in [-0.2, 0) is 4.74 Å². The van der Waals surface area contributed by atoms with Gasteiger partial charge in [-0.25, -0.2) is 9.59 Å². The van der Waals surface area contributed by atoms with E-state index < -0.39 is 12.0 Å². The van der Waals surface area contributed by atoms with E-state index in [-0.39, 0.29) is 22.3 Å². The summed E-state index contributed by atoms with van der Waals surface area (Å²) in [5.74, 6) is -1.20. The highest BCUT2D eigenvalue weighted by Gasteiger charge is 2.17. The summed E-state index contributed by atoms with van der Waals surface area (Å²) in [6.07, 6.45) is 0.697. The summed E-state index contributed by atoms with van der Waals surface area (Å²) in [4.78, 5) is 23.0. The highest BCUT2D eigenvalue weighted by molar-refractivity contribution is 6.34. The highest BCUT2D eigenvalue weighted by atomic mass is 35.5. The molecule has 1 unspecified atom stereocenters. The number of aromatic carboxylic acids is 1. The first-order valence-electron chi connectivity index (χ1n) is 6.07. The maximum Gasteiger partial charge on any atom is 0.339 e. The minimum absolute atomic E-state index is 0.0687. The van der Waals surface area contributed by atoms with Gasteiger partial charge in [-0.05, 0) is 18.6 Å². The highest BCUT2D eigenvalue weighted by Crippen LogP contribution is 2.24. The number of anilines is 1. The van der Waals surface area contributed by atoms with E-state index in [4.69, 9.17) is 21.4 Å². The van der Waals surface area contributed by atoms with Crippen LogP contribution >= 0.6 is 11.6 Å². The predicted octanol–water partition coefficient (Wildman–Crippen LogP) is 2.58. The van der Waals surface area contributed by atoms with Crippen LogP contribution in [0.1, 0.15) is 23.7 Å². The van der Waals surface area contributed by atoms with Gasteiger partial charge in [0, 0.05) is 7.11 Å². The van der Waals surface area contributed by atoms with Crippen molar-refractivity contribution in [2.24, 2.45) is 0 Å². The minimum Gasteiger partial charge on any atom is -0.478 e. The zero-order valence-corrected chi connectivity index (χ0v) is 12.0. The molecule has 0 aromatic heterocycles. The molecule has 110 valence electrons. The van der Waals surface area contributed by atoms with E-state index in [1.807, 2.05) is 6.92 Å². The normalized spacial score (nSPS) is 11.8. The Morgan fingerprint density at radius 2 is 2.15 bits per heavy atom. The monoisotopic (exact) mass is 300 g/mol. The summed E-state index contributed by atoms with van der Waals surface area (Å²) >= 11 is 5.82. The van der Waals surface area contributed by atoms with Crippen molar-refractivity contribution in [2.45, 2.75) is 19.4 Å². The van der Waals surface area contributed by atoms with Crippen molar-refractivity contribution in [3.63, 3.8) is 0 Å². The lowest BCUT2D eigenvalue weighted by molar-refractivity contribution is 0.0698. The molecule has 1 aromatic carbocycles. The Balaban J connectivity index is 2.80. The second kappa shape index (κ2) is 7.72. The van der Waals surface area contributed by atoms with Gasteiger partial charge in [0.1, 0.15) is 5.56 Å². The third-order valence-corrected chi connectivity index (χ3v) is 2.99. The topological polar surface area (TPSA) is 87.7 Å². The van der Waals surface area contributed by atoms with Gasteiger partial charge < -0.3 is 20.5 Å². The van der Waals surface area contributed by atoms with E-state index in [2.05, 4.69) is 10.6 Å². The van der Waals surface area contributed by atoms with Crippen molar-refractivity contribution in [1.29, 1.82) is 0 Å². The fraction of sp³-hybridized carbons (Fsp3) is 0.385. The number of carbonyl (C=O) groups excluding carboxylic acids is 1. The Morgan fingerprint density at radius 1 is 1.45 bits per heavy atom. The first kappa shape index (κ1) is 16.3.